The molecule has 1 aromatic heterocycles. The number of carboxylic acids is 1. The van der Waals surface area contributed by atoms with Crippen LogP contribution in [0.2, 0.25) is 0 Å². The van der Waals surface area contributed by atoms with Crippen LogP contribution in [0.15, 0.2) is 54.2 Å². The summed E-state index contributed by atoms with van der Waals surface area (Å²) < 4.78 is 17.3. The Balaban J connectivity index is 2.14. The fourth-order valence-corrected chi connectivity index (χ4v) is 3.74. The van der Waals surface area contributed by atoms with E-state index < -0.39 is 11.9 Å². The maximum absolute atomic E-state index is 12.6. The van der Waals surface area contributed by atoms with Crippen molar-refractivity contribution in [2.45, 2.75) is 32.6 Å². The third-order valence-electron chi connectivity index (χ3n) is 5.62. The molecule has 8 heteroatoms. The second-order valence-electron chi connectivity index (χ2n) is 7.91. The Morgan fingerprint density at radius 2 is 1.71 bits per heavy atom. The number of hydrogen-bond acceptors (Lipinski definition) is 6. The average molecular weight is 479 g/mol. The number of esters is 1. The van der Waals surface area contributed by atoms with Crippen molar-refractivity contribution in [1.29, 1.82) is 0 Å². The molecule has 0 atom stereocenters. The summed E-state index contributed by atoms with van der Waals surface area (Å²) in [5, 5.41) is 9.94. The molecule has 184 valence electrons. The maximum atomic E-state index is 12.6. The van der Waals surface area contributed by atoms with Crippen LogP contribution in [-0.4, -0.2) is 47.9 Å². The molecule has 0 saturated carbocycles. The minimum Gasteiger partial charge on any atom is -0.497 e. The standard InChI is InChI=1S/C27H30N2O6/c1-5-6-7-25-28-17-20(15-19(26(30)31)14-18-8-10-21(33-2)11-9-18)29(25)24-13-12-22(34-3)16-23(24)27(32)35-4/h8-13,15-17H,5-7,14H2,1-4H3,(H,30,31). The van der Waals surface area contributed by atoms with E-state index in [2.05, 4.69) is 11.9 Å². The zero-order valence-corrected chi connectivity index (χ0v) is 20.4. The van der Waals surface area contributed by atoms with Gasteiger partial charge >= 0.3 is 11.9 Å². The van der Waals surface area contributed by atoms with Crippen molar-refractivity contribution in [1.82, 2.24) is 9.55 Å². The summed E-state index contributed by atoms with van der Waals surface area (Å²) in [6.07, 6.45) is 5.95. The summed E-state index contributed by atoms with van der Waals surface area (Å²) in [6.45, 7) is 2.08. The van der Waals surface area contributed by atoms with Gasteiger partial charge in [0.25, 0.3) is 0 Å². The predicted octanol–water partition coefficient (Wildman–Crippen LogP) is 4.73. The molecule has 1 heterocycles. The molecule has 0 saturated heterocycles. The molecule has 0 radical (unpaired) electrons. The molecular weight excluding hydrogens is 448 g/mol. The number of benzene rings is 2. The summed E-state index contributed by atoms with van der Waals surface area (Å²) in [5.74, 6) is 0.366. The number of ether oxygens (including phenoxy) is 3. The summed E-state index contributed by atoms with van der Waals surface area (Å²) in [7, 11) is 4.42. The molecular formula is C27H30N2O6. The molecule has 0 aliphatic heterocycles. The molecule has 0 aliphatic carbocycles. The van der Waals surface area contributed by atoms with Gasteiger partial charge in [-0.25, -0.2) is 14.6 Å². The minimum atomic E-state index is -1.04. The van der Waals surface area contributed by atoms with E-state index in [1.807, 2.05) is 16.7 Å². The molecule has 1 N–H and O–H groups in total. The molecule has 8 nitrogen and oxygen atoms in total. The van der Waals surface area contributed by atoms with E-state index in [0.29, 0.717) is 34.9 Å². The second-order valence-corrected chi connectivity index (χ2v) is 7.91. The van der Waals surface area contributed by atoms with Crippen LogP contribution in [0.1, 0.15) is 47.2 Å². The molecule has 0 amide bonds. The monoisotopic (exact) mass is 478 g/mol. The fraction of sp³-hybridized carbons (Fsp3) is 0.296. The Kier molecular flexibility index (Phi) is 8.67. The van der Waals surface area contributed by atoms with Crippen LogP contribution in [0, 0.1) is 0 Å². The topological polar surface area (TPSA) is 99.9 Å². The Bertz CT molecular complexity index is 1210. The van der Waals surface area contributed by atoms with Crippen LogP contribution in [0.25, 0.3) is 11.8 Å². The highest BCUT2D eigenvalue weighted by atomic mass is 16.5. The Morgan fingerprint density at radius 1 is 1.03 bits per heavy atom. The van der Waals surface area contributed by atoms with Crippen LogP contribution in [0.5, 0.6) is 11.5 Å². The van der Waals surface area contributed by atoms with Gasteiger partial charge in [0.15, 0.2) is 0 Å². The number of hydrogen-bond donors (Lipinski definition) is 1. The molecule has 0 spiro atoms. The summed E-state index contributed by atoms with van der Waals surface area (Å²) in [6, 6.07) is 12.4. The number of unbranched alkanes of at least 4 members (excludes halogenated alkanes) is 1. The number of aromatic nitrogens is 2. The van der Waals surface area contributed by atoms with E-state index in [4.69, 9.17) is 14.2 Å². The van der Waals surface area contributed by atoms with Crippen molar-refractivity contribution in [3.63, 3.8) is 0 Å². The molecule has 0 fully saturated rings. The lowest BCUT2D eigenvalue weighted by Gasteiger charge is -2.16. The lowest BCUT2D eigenvalue weighted by Crippen LogP contribution is -2.12. The van der Waals surface area contributed by atoms with Crippen molar-refractivity contribution in [3.05, 3.63) is 76.9 Å². The van der Waals surface area contributed by atoms with Crippen LogP contribution in [0.3, 0.4) is 0 Å². The number of carbonyl (C=O) groups is 2. The predicted molar refractivity (Wildman–Crippen MR) is 132 cm³/mol. The van der Waals surface area contributed by atoms with Crippen molar-refractivity contribution in [2.24, 2.45) is 0 Å². The van der Waals surface area contributed by atoms with Gasteiger partial charge < -0.3 is 19.3 Å². The van der Waals surface area contributed by atoms with Crippen molar-refractivity contribution >= 4 is 18.0 Å². The Labute approximate surface area is 204 Å². The van der Waals surface area contributed by atoms with Gasteiger partial charge in [-0.1, -0.05) is 25.5 Å². The second kappa shape index (κ2) is 11.9. The number of methoxy groups -OCH3 is 3. The van der Waals surface area contributed by atoms with Gasteiger partial charge in [0.1, 0.15) is 17.3 Å². The minimum absolute atomic E-state index is 0.187. The number of carbonyl (C=O) groups excluding carboxylic acids is 1. The van der Waals surface area contributed by atoms with Gasteiger partial charge in [0.2, 0.25) is 0 Å². The molecule has 3 rings (SSSR count). The largest absolute Gasteiger partial charge is 0.497 e. The van der Waals surface area contributed by atoms with Crippen molar-refractivity contribution in [2.75, 3.05) is 21.3 Å². The van der Waals surface area contributed by atoms with Crippen LogP contribution in [-0.2, 0) is 22.4 Å². The highest BCUT2D eigenvalue weighted by molar-refractivity contribution is 5.95. The zero-order valence-electron chi connectivity index (χ0n) is 20.4. The van der Waals surface area contributed by atoms with Gasteiger partial charge in [0.05, 0.1) is 44.5 Å². The van der Waals surface area contributed by atoms with Crippen LogP contribution < -0.4 is 9.47 Å². The average Bonchev–Trinajstić information content (AvgIpc) is 3.28. The van der Waals surface area contributed by atoms with Crippen molar-refractivity contribution in [3.8, 4) is 17.2 Å². The molecule has 0 aliphatic rings. The van der Waals surface area contributed by atoms with E-state index >= 15 is 0 Å². The Morgan fingerprint density at radius 3 is 2.31 bits per heavy atom. The first-order valence-corrected chi connectivity index (χ1v) is 11.3. The van der Waals surface area contributed by atoms with E-state index in [-0.39, 0.29) is 12.0 Å². The maximum Gasteiger partial charge on any atom is 0.340 e. The highest BCUT2D eigenvalue weighted by Crippen LogP contribution is 2.27. The number of nitrogens with zero attached hydrogens (tertiary/aromatic N) is 2. The van der Waals surface area contributed by atoms with E-state index in [0.717, 1.165) is 24.2 Å². The number of imidazole rings is 1. The normalized spacial score (nSPS) is 11.3. The van der Waals surface area contributed by atoms with E-state index in [1.165, 1.54) is 14.2 Å². The smallest absolute Gasteiger partial charge is 0.340 e. The SMILES string of the molecule is CCCCc1ncc(C=C(Cc2ccc(OC)cc2)C(=O)O)n1-c1ccc(OC)cc1C(=O)OC. The number of rotatable bonds is 11. The third-order valence-corrected chi connectivity index (χ3v) is 5.62. The summed E-state index contributed by atoms with van der Waals surface area (Å²) in [4.78, 5) is 29.3. The van der Waals surface area contributed by atoms with E-state index in [1.54, 1.807) is 49.7 Å². The molecule has 2 aromatic carbocycles. The quantitative estimate of drug-likeness (QED) is 0.314. The van der Waals surface area contributed by atoms with Gasteiger partial charge in [-0.2, -0.15) is 0 Å². The van der Waals surface area contributed by atoms with E-state index in [9.17, 15) is 14.7 Å². The number of aliphatic carboxylic acids is 1. The molecule has 35 heavy (non-hydrogen) atoms. The fourth-order valence-electron chi connectivity index (χ4n) is 3.74. The lowest BCUT2D eigenvalue weighted by molar-refractivity contribution is -0.132. The summed E-state index contributed by atoms with van der Waals surface area (Å²) >= 11 is 0. The number of aryl methyl sites for hydroxylation is 1. The van der Waals surface area contributed by atoms with Gasteiger partial charge in [0, 0.05) is 18.4 Å². The number of carboxylic acid groups (broad SMARTS) is 1. The van der Waals surface area contributed by atoms with Crippen LogP contribution >= 0.6 is 0 Å². The summed E-state index contributed by atoms with van der Waals surface area (Å²) in [5.41, 5.74) is 2.41. The van der Waals surface area contributed by atoms with Crippen LogP contribution in [0.4, 0.5) is 0 Å². The van der Waals surface area contributed by atoms with Crippen molar-refractivity contribution < 1.29 is 28.9 Å². The third kappa shape index (κ3) is 6.09. The first-order valence-electron chi connectivity index (χ1n) is 11.3. The molecule has 3 aromatic rings. The first kappa shape index (κ1) is 25.6. The first-order chi connectivity index (χ1) is 16.9. The lowest BCUT2D eigenvalue weighted by atomic mass is 10.0. The molecule has 0 unspecified atom stereocenters. The van der Waals surface area contributed by atoms with Gasteiger partial charge in [-0.05, 0) is 48.4 Å². The van der Waals surface area contributed by atoms with Gasteiger partial charge in [-0.15, -0.1) is 0 Å². The molecule has 0 bridgehead atoms. The Hall–Kier alpha value is -4.07. The highest BCUT2D eigenvalue weighted by Gasteiger charge is 2.20. The van der Waals surface area contributed by atoms with Gasteiger partial charge in [-0.3, -0.25) is 4.57 Å². The zero-order chi connectivity index (χ0) is 25.4.